The summed E-state index contributed by atoms with van der Waals surface area (Å²) in [7, 11) is 0. The average Bonchev–Trinajstić information content (AvgIpc) is 2.39. The minimum atomic E-state index is -1.18. The fourth-order valence-corrected chi connectivity index (χ4v) is 1.94. The van der Waals surface area contributed by atoms with Gasteiger partial charge < -0.3 is 5.11 Å². The molecule has 1 heterocycles. The van der Waals surface area contributed by atoms with Crippen molar-refractivity contribution >= 4 is 33.4 Å². The number of hydrogen-bond acceptors (Lipinski definition) is 4. The van der Waals surface area contributed by atoms with Crippen molar-refractivity contribution in [2.24, 2.45) is 0 Å². The molecular weight excluding hydrogens is 330 g/mol. The normalized spacial score (nSPS) is 10.1. The Bertz CT molecular complexity index is 673. The van der Waals surface area contributed by atoms with Gasteiger partial charge in [0.1, 0.15) is 5.69 Å². The van der Waals surface area contributed by atoms with E-state index in [-0.39, 0.29) is 11.4 Å². The molecule has 0 aliphatic rings. The summed E-state index contributed by atoms with van der Waals surface area (Å²) in [5.74, 6) is 0. The first-order chi connectivity index (χ1) is 9.47. The SMILES string of the molecule is O=C(O)Nc1ccc(-c2ncc(Br)cc2[N+](=O)[O-])cc1. The number of nitrogens with one attached hydrogen (secondary N) is 1. The second-order valence-electron chi connectivity index (χ2n) is 3.79. The van der Waals surface area contributed by atoms with Crippen molar-refractivity contribution < 1.29 is 14.8 Å². The van der Waals surface area contributed by atoms with Crippen LogP contribution in [-0.4, -0.2) is 21.1 Å². The van der Waals surface area contributed by atoms with Crippen molar-refractivity contribution in [1.82, 2.24) is 4.98 Å². The monoisotopic (exact) mass is 337 g/mol. The van der Waals surface area contributed by atoms with Crippen LogP contribution in [0.2, 0.25) is 0 Å². The van der Waals surface area contributed by atoms with Gasteiger partial charge in [-0.15, -0.1) is 0 Å². The Hall–Kier alpha value is -2.48. The molecule has 102 valence electrons. The maximum Gasteiger partial charge on any atom is 0.409 e. The van der Waals surface area contributed by atoms with E-state index < -0.39 is 11.0 Å². The number of hydrogen-bond donors (Lipinski definition) is 2. The van der Waals surface area contributed by atoms with Gasteiger partial charge in [-0.3, -0.25) is 15.4 Å². The van der Waals surface area contributed by atoms with Crippen LogP contribution in [0, 0.1) is 10.1 Å². The zero-order valence-corrected chi connectivity index (χ0v) is 11.5. The molecule has 0 saturated heterocycles. The first kappa shape index (κ1) is 13.9. The van der Waals surface area contributed by atoms with Crippen molar-refractivity contribution in [3.63, 3.8) is 0 Å². The Morgan fingerprint density at radius 1 is 1.35 bits per heavy atom. The maximum absolute atomic E-state index is 11.0. The molecule has 0 aliphatic heterocycles. The predicted molar refractivity (Wildman–Crippen MR) is 75.7 cm³/mol. The third-order valence-corrected chi connectivity index (χ3v) is 2.87. The summed E-state index contributed by atoms with van der Waals surface area (Å²) in [4.78, 5) is 25.0. The van der Waals surface area contributed by atoms with Gasteiger partial charge >= 0.3 is 6.09 Å². The molecule has 2 N–H and O–H groups in total. The van der Waals surface area contributed by atoms with Crippen LogP contribution in [-0.2, 0) is 0 Å². The van der Waals surface area contributed by atoms with Gasteiger partial charge in [-0.2, -0.15) is 0 Å². The second kappa shape index (κ2) is 5.66. The molecule has 0 saturated carbocycles. The van der Waals surface area contributed by atoms with E-state index in [0.717, 1.165) is 0 Å². The Morgan fingerprint density at radius 3 is 2.55 bits per heavy atom. The van der Waals surface area contributed by atoms with Crippen LogP contribution in [0.1, 0.15) is 0 Å². The van der Waals surface area contributed by atoms with Crippen molar-refractivity contribution in [2.45, 2.75) is 0 Å². The molecule has 1 aromatic carbocycles. The quantitative estimate of drug-likeness (QED) is 0.658. The molecule has 1 aromatic heterocycles. The first-order valence-electron chi connectivity index (χ1n) is 5.37. The number of carboxylic acid groups (broad SMARTS) is 1. The molecule has 2 aromatic rings. The molecule has 20 heavy (non-hydrogen) atoms. The number of nitrogens with zero attached hydrogens (tertiary/aromatic N) is 2. The standard InChI is InChI=1S/C12H8BrN3O4/c13-8-5-10(16(19)20)11(14-6-8)7-1-3-9(4-2-7)15-12(17)18/h1-6,15H,(H,17,18). The van der Waals surface area contributed by atoms with Gasteiger partial charge in [0.15, 0.2) is 0 Å². The van der Waals surface area contributed by atoms with Crippen LogP contribution in [0.5, 0.6) is 0 Å². The number of amides is 1. The molecule has 0 aliphatic carbocycles. The number of carbonyl (C=O) groups is 1. The van der Waals surface area contributed by atoms with Crippen LogP contribution in [0.25, 0.3) is 11.3 Å². The van der Waals surface area contributed by atoms with Crippen molar-refractivity contribution in [3.8, 4) is 11.3 Å². The van der Waals surface area contributed by atoms with Gasteiger partial charge in [-0.05, 0) is 28.1 Å². The zero-order chi connectivity index (χ0) is 14.7. The highest BCUT2D eigenvalue weighted by atomic mass is 79.9. The smallest absolute Gasteiger partial charge is 0.409 e. The van der Waals surface area contributed by atoms with Crippen molar-refractivity contribution in [2.75, 3.05) is 5.32 Å². The van der Waals surface area contributed by atoms with Gasteiger partial charge in [0.05, 0.1) is 4.92 Å². The summed E-state index contributed by atoms with van der Waals surface area (Å²) in [6.45, 7) is 0. The van der Waals surface area contributed by atoms with Crippen LogP contribution >= 0.6 is 15.9 Å². The molecule has 0 atom stereocenters. The molecule has 0 unspecified atom stereocenters. The number of pyridine rings is 1. The minimum absolute atomic E-state index is 0.127. The zero-order valence-electron chi connectivity index (χ0n) is 9.91. The third-order valence-electron chi connectivity index (χ3n) is 2.44. The molecule has 7 nitrogen and oxygen atoms in total. The Labute approximate surface area is 121 Å². The van der Waals surface area contributed by atoms with E-state index in [2.05, 4.69) is 26.2 Å². The number of nitro groups is 1. The second-order valence-corrected chi connectivity index (χ2v) is 4.70. The molecule has 1 amide bonds. The highest BCUT2D eigenvalue weighted by Gasteiger charge is 2.17. The molecular formula is C12H8BrN3O4. The number of aromatic nitrogens is 1. The van der Waals surface area contributed by atoms with Crippen LogP contribution in [0.4, 0.5) is 16.2 Å². The Balaban J connectivity index is 2.41. The highest BCUT2D eigenvalue weighted by Crippen LogP contribution is 2.30. The van der Waals surface area contributed by atoms with E-state index >= 15 is 0 Å². The Morgan fingerprint density at radius 2 is 2.00 bits per heavy atom. The van der Waals surface area contributed by atoms with Gasteiger partial charge in [-0.1, -0.05) is 12.1 Å². The van der Waals surface area contributed by atoms with E-state index in [1.807, 2.05) is 0 Å². The van der Waals surface area contributed by atoms with Crippen LogP contribution in [0.3, 0.4) is 0 Å². The van der Waals surface area contributed by atoms with E-state index in [1.54, 1.807) is 12.1 Å². The fraction of sp³-hybridized carbons (Fsp3) is 0. The lowest BCUT2D eigenvalue weighted by Crippen LogP contribution is -2.06. The number of anilines is 1. The van der Waals surface area contributed by atoms with Crippen LogP contribution in [0.15, 0.2) is 41.0 Å². The maximum atomic E-state index is 11.0. The van der Waals surface area contributed by atoms with Crippen LogP contribution < -0.4 is 5.32 Å². The molecule has 2 rings (SSSR count). The number of benzene rings is 1. The lowest BCUT2D eigenvalue weighted by molar-refractivity contribution is -0.384. The summed E-state index contributed by atoms with van der Waals surface area (Å²) in [5.41, 5.74) is 1.000. The van der Waals surface area contributed by atoms with Gasteiger partial charge in [0.25, 0.3) is 5.69 Å². The van der Waals surface area contributed by atoms with Gasteiger partial charge in [0.2, 0.25) is 0 Å². The van der Waals surface area contributed by atoms with Gasteiger partial charge in [-0.25, -0.2) is 9.78 Å². The summed E-state index contributed by atoms with van der Waals surface area (Å²) < 4.78 is 0.511. The van der Waals surface area contributed by atoms with E-state index in [9.17, 15) is 14.9 Å². The van der Waals surface area contributed by atoms with Crippen molar-refractivity contribution in [3.05, 3.63) is 51.1 Å². The summed E-state index contributed by atoms with van der Waals surface area (Å²) in [6, 6.07) is 7.52. The predicted octanol–water partition coefficient (Wildman–Crippen LogP) is 3.51. The summed E-state index contributed by atoms with van der Waals surface area (Å²) >= 11 is 3.13. The fourth-order valence-electron chi connectivity index (χ4n) is 1.63. The summed E-state index contributed by atoms with van der Waals surface area (Å²) in [5, 5.41) is 21.8. The van der Waals surface area contributed by atoms with E-state index in [0.29, 0.717) is 15.7 Å². The molecule has 0 spiro atoms. The highest BCUT2D eigenvalue weighted by molar-refractivity contribution is 9.10. The molecule has 0 fully saturated rings. The largest absolute Gasteiger partial charge is 0.465 e. The minimum Gasteiger partial charge on any atom is -0.465 e. The lowest BCUT2D eigenvalue weighted by atomic mass is 10.1. The van der Waals surface area contributed by atoms with Crippen molar-refractivity contribution in [1.29, 1.82) is 0 Å². The third kappa shape index (κ3) is 3.09. The molecule has 8 heteroatoms. The topological polar surface area (TPSA) is 105 Å². The number of rotatable bonds is 3. The molecule has 0 bridgehead atoms. The van der Waals surface area contributed by atoms with E-state index in [4.69, 9.17) is 5.11 Å². The lowest BCUT2D eigenvalue weighted by Gasteiger charge is -2.05. The number of halogens is 1. The first-order valence-corrected chi connectivity index (χ1v) is 6.17. The van der Waals surface area contributed by atoms with E-state index in [1.165, 1.54) is 24.4 Å². The Kier molecular flexibility index (Phi) is 3.94. The summed E-state index contributed by atoms with van der Waals surface area (Å²) in [6.07, 6.45) is 0.289. The average molecular weight is 338 g/mol. The van der Waals surface area contributed by atoms with Gasteiger partial charge in [0, 0.05) is 28.0 Å². The molecule has 0 radical (unpaired) electrons.